The molecule has 0 aliphatic carbocycles. The fraction of sp³-hybridized carbons (Fsp3) is 0.900. The Hall–Kier alpha value is -0.410. The summed E-state index contributed by atoms with van der Waals surface area (Å²) in [6.45, 7) is 5.82. The molecule has 76 valence electrons. The first-order chi connectivity index (χ1) is 6.16. The summed E-state index contributed by atoms with van der Waals surface area (Å²) >= 11 is 0. The molecule has 1 aliphatic heterocycles. The molecule has 1 heterocycles. The number of nitrogens with two attached hydrogens (primary N) is 1. The van der Waals surface area contributed by atoms with Crippen molar-refractivity contribution in [3.63, 3.8) is 0 Å². The number of carbonyl (C=O) groups excluding carboxylic acids is 1. The Morgan fingerprint density at radius 1 is 1.62 bits per heavy atom. The van der Waals surface area contributed by atoms with Crippen LogP contribution in [0.3, 0.4) is 0 Å². The average molecular weight is 185 g/mol. The summed E-state index contributed by atoms with van der Waals surface area (Å²) in [5.41, 5.74) is 5.60. The summed E-state index contributed by atoms with van der Waals surface area (Å²) in [5, 5.41) is 0. The molecule has 1 saturated heterocycles. The summed E-state index contributed by atoms with van der Waals surface area (Å²) in [6.07, 6.45) is 0.846. The van der Waals surface area contributed by atoms with E-state index in [2.05, 4.69) is 0 Å². The Balaban J connectivity index is 2.58. The summed E-state index contributed by atoms with van der Waals surface area (Å²) in [6, 6.07) is 0. The second kappa shape index (κ2) is 4.72. The Kier molecular flexibility index (Phi) is 3.88. The summed E-state index contributed by atoms with van der Waals surface area (Å²) < 4.78 is 5.30. The first-order valence-electron chi connectivity index (χ1n) is 4.98. The molecule has 1 fully saturated rings. The van der Waals surface area contributed by atoms with E-state index in [0.717, 1.165) is 6.42 Å². The molecule has 0 amide bonds. The van der Waals surface area contributed by atoms with Gasteiger partial charge >= 0.3 is 0 Å². The predicted molar refractivity (Wildman–Crippen MR) is 51.3 cm³/mol. The lowest BCUT2D eigenvalue weighted by Gasteiger charge is -2.30. The van der Waals surface area contributed by atoms with Crippen molar-refractivity contribution in [2.45, 2.75) is 20.3 Å². The van der Waals surface area contributed by atoms with E-state index in [9.17, 15) is 4.79 Å². The predicted octanol–water partition coefficient (Wildman–Crippen LogP) is 0.823. The highest BCUT2D eigenvalue weighted by molar-refractivity contribution is 5.83. The minimum atomic E-state index is 0.122. The van der Waals surface area contributed by atoms with Gasteiger partial charge in [-0.2, -0.15) is 0 Å². The molecule has 0 aromatic carbocycles. The maximum atomic E-state index is 11.8. The van der Waals surface area contributed by atoms with Crippen LogP contribution in [0.5, 0.6) is 0 Å². The second-order valence-electron chi connectivity index (χ2n) is 4.02. The van der Waals surface area contributed by atoms with Crippen LogP contribution < -0.4 is 5.73 Å². The van der Waals surface area contributed by atoms with Crippen molar-refractivity contribution in [2.24, 2.45) is 23.5 Å². The summed E-state index contributed by atoms with van der Waals surface area (Å²) in [5.74, 6) is 0.846. The third-order valence-electron chi connectivity index (χ3n) is 2.71. The molecule has 0 bridgehead atoms. The molecular formula is C10H19NO2. The lowest BCUT2D eigenvalue weighted by molar-refractivity contribution is -0.131. The van der Waals surface area contributed by atoms with Crippen LogP contribution in [0, 0.1) is 17.8 Å². The van der Waals surface area contributed by atoms with Crippen LogP contribution in [-0.2, 0) is 9.53 Å². The zero-order valence-electron chi connectivity index (χ0n) is 8.45. The van der Waals surface area contributed by atoms with Gasteiger partial charge in [0.25, 0.3) is 0 Å². The van der Waals surface area contributed by atoms with Gasteiger partial charge in [-0.05, 0) is 13.0 Å². The Labute approximate surface area is 79.6 Å². The maximum absolute atomic E-state index is 11.8. The van der Waals surface area contributed by atoms with Crippen molar-refractivity contribution in [3.8, 4) is 0 Å². The SMILES string of the molecule is CC(C)C(=O)C1CCOCC1CN. The van der Waals surface area contributed by atoms with Crippen molar-refractivity contribution in [2.75, 3.05) is 19.8 Å². The summed E-state index contributed by atoms with van der Waals surface area (Å²) in [7, 11) is 0. The molecule has 2 N–H and O–H groups in total. The molecule has 0 radical (unpaired) electrons. The van der Waals surface area contributed by atoms with Gasteiger partial charge in [-0.1, -0.05) is 13.8 Å². The van der Waals surface area contributed by atoms with Gasteiger partial charge in [-0.3, -0.25) is 4.79 Å². The number of rotatable bonds is 3. The van der Waals surface area contributed by atoms with Crippen LogP contribution in [0.1, 0.15) is 20.3 Å². The normalized spacial score (nSPS) is 29.2. The minimum Gasteiger partial charge on any atom is -0.381 e. The Bertz CT molecular complexity index is 180. The van der Waals surface area contributed by atoms with E-state index in [1.807, 2.05) is 13.8 Å². The van der Waals surface area contributed by atoms with E-state index < -0.39 is 0 Å². The molecule has 2 unspecified atom stereocenters. The van der Waals surface area contributed by atoms with Crippen LogP contribution in [0.4, 0.5) is 0 Å². The van der Waals surface area contributed by atoms with Crippen molar-refractivity contribution in [1.82, 2.24) is 0 Å². The maximum Gasteiger partial charge on any atom is 0.138 e. The highest BCUT2D eigenvalue weighted by Gasteiger charge is 2.31. The molecule has 13 heavy (non-hydrogen) atoms. The van der Waals surface area contributed by atoms with E-state index in [0.29, 0.717) is 25.5 Å². The van der Waals surface area contributed by atoms with Gasteiger partial charge in [-0.15, -0.1) is 0 Å². The van der Waals surface area contributed by atoms with E-state index in [1.165, 1.54) is 0 Å². The van der Waals surface area contributed by atoms with Crippen LogP contribution in [0.25, 0.3) is 0 Å². The van der Waals surface area contributed by atoms with Gasteiger partial charge in [0.1, 0.15) is 5.78 Å². The van der Waals surface area contributed by atoms with E-state index in [-0.39, 0.29) is 17.8 Å². The van der Waals surface area contributed by atoms with Gasteiger partial charge in [0.15, 0.2) is 0 Å². The largest absolute Gasteiger partial charge is 0.381 e. The van der Waals surface area contributed by atoms with Crippen molar-refractivity contribution >= 4 is 5.78 Å². The molecule has 3 nitrogen and oxygen atoms in total. The number of ketones is 1. The number of carbonyl (C=O) groups is 1. The number of Topliss-reactive ketones (excluding diaryl/α,β-unsaturated/α-hetero) is 1. The topological polar surface area (TPSA) is 52.3 Å². The highest BCUT2D eigenvalue weighted by atomic mass is 16.5. The first kappa shape index (κ1) is 10.7. The van der Waals surface area contributed by atoms with E-state index >= 15 is 0 Å². The molecular weight excluding hydrogens is 166 g/mol. The molecule has 0 spiro atoms. The zero-order valence-corrected chi connectivity index (χ0v) is 8.45. The van der Waals surface area contributed by atoms with Gasteiger partial charge in [0.2, 0.25) is 0 Å². The van der Waals surface area contributed by atoms with Gasteiger partial charge < -0.3 is 10.5 Å². The molecule has 0 aromatic heterocycles. The van der Waals surface area contributed by atoms with Crippen LogP contribution in [0.2, 0.25) is 0 Å². The minimum absolute atomic E-state index is 0.122. The third-order valence-corrected chi connectivity index (χ3v) is 2.71. The quantitative estimate of drug-likeness (QED) is 0.708. The lowest BCUT2D eigenvalue weighted by atomic mass is 9.81. The first-order valence-corrected chi connectivity index (χ1v) is 4.98. The van der Waals surface area contributed by atoms with Crippen LogP contribution in [-0.4, -0.2) is 25.5 Å². The number of hydrogen-bond acceptors (Lipinski definition) is 3. The highest BCUT2D eigenvalue weighted by Crippen LogP contribution is 2.24. The van der Waals surface area contributed by atoms with Crippen LogP contribution in [0.15, 0.2) is 0 Å². The molecule has 1 rings (SSSR count). The molecule has 0 saturated carbocycles. The smallest absolute Gasteiger partial charge is 0.138 e. The zero-order chi connectivity index (χ0) is 9.84. The fourth-order valence-electron chi connectivity index (χ4n) is 1.83. The Morgan fingerprint density at radius 3 is 2.85 bits per heavy atom. The molecule has 3 heteroatoms. The molecule has 2 atom stereocenters. The van der Waals surface area contributed by atoms with E-state index in [4.69, 9.17) is 10.5 Å². The molecule has 1 aliphatic rings. The number of hydrogen-bond donors (Lipinski definition) is 1. The van der Waals surface area contributed by atoms with Crippen LogP contribution >= 0.6 is 0 Å². The second-order valence-corrected chi connectivity index (χ2v) is 4.02. The standard InChI is InChI=1S/C10H19NO2/c1-7(2)10(12)9-3-4-13-6-8(9)5-11/h7-9H,3-6,11H2,1-2H3. The Morgan fingerprint density at radius 2 is 2.31 bits per heavy atom. The third kappa shape index (κ3) is 2.51. The van der Waals surface area contributed by atoms with Gasteiger partial charge in [0, 0.05) is 24.4 Å². The number of ether oxygens (including phenoxy) is 1. The fourth-order valence-corrected chi connectivity index (χ4v) is 1.83. The van der Waals surface area contributed by atoms with Crippen molar-refractivity contribution < 1.29 is 9.53 Å². The molecule has 0 aromatic rings. The van der Waals surface area contributed by atoms with Gasteiger partial charge in [-0.25, -0.2) is 0 Å². The van der Waals surface area contributed by atoms with Gasteiger partial charge in [0.05, 0.1) is 6.61 Å². The van der Waals surface area contributed by atoms with E-state index in [1.54, 1.807) is 0 Å². The monoisotopic (exact) mass is 185 g/mol. The average Bonchev–Trinajstić information content (AvgIpc) is 2.16. The van der Waals surface area contributed by atoms with Crippen molar-refractivity contribution in [1.29, 1.82) is 0 Å². The lowest BCUT2D eigenvalue weighted by Crippen LogP contribution is -2.39. The van der Waals surface area contributed by atoms with Crippen molar-refractivity contribution in [3.05, 3.63) is 0 Å². The summed E-state index contributed by atoms with van der Waals surface area (Å²) in [4.78, 5) is 11.8.